The van der Waals surface area contributed by atoms with Crippen molar-refractivity contribution in [3.05, 3.63) is 113 Å². The van der Waals surface area contributed by atoms with Crippen LogP contribution in [0.4, 0.5) is 10.8 Å². The molecule has 5 rings (SSSR count). The van der Waals surface area contributed by atoms with Crippen molar-refractivity contribution in [1.82, 2.24) is 10.3 Å². The molecule has 5 aromatic rings. The van der Waals surface area contributed by atoms with Gasteiger partial charge in [0.1, 0.15) is 11.4 Å². The zero-order valence-corrected chi connectivity index (χ0v) is 30.1. The standard InChI is InChI=1S/C38H36N4O7S2/c1-23(35(43)42-38-41-31(22-50-38)26-13-9-15-28(20-26)46-2)51-29-16-10-14-27(21-29)39-37(45)30(40-36(44)25-11-7-6-8-12-25)17-24-18-32(47-3)34(49-5)33(19-24)48-4/h6-23H,1-5H3,(H,39,45)(H,40,44)(H,41,42,43)/b30-17+. The van der Waals surface area contributed by atoms with Crippen molar-refractivity contribution < 1.29 is 33.3 Å². The average molecular weight is 725 g/mol. The lowest BCUT2D eigenvalue weighted by molar-refractivity contribution is -0.115. The summed E-state index contributed by atoms with van der Waals surface area (Å²) in [5.41, 5.74) is 2.94. The Morgan fingerprint density at radius 1 is 0.804 bits per heavy atom. The number of aromatic nitrogens is 1. The Morgan fingerprint density at radius 3 is 2.22 bits per heavy atom. The molecule has 0 saturated carbocycles. The van der Waals surface area contributed by atoms with Crippen LogP contribution in [0.1, 0.15) is 22.8 Å². The Hall–Kier alpha value is -5.79. The Bertz CT molecular complexity index is 2020. The number of ether oxygens (including phenoxy) is 4. The number of thioether (sulfide) groups is 1. The van der Waals surface area contributed by atoms with E-state index in [-0.39, 0.29) is 11.6 Å². The molecular formula is C38H36N4O7S2. The number of thiazole rings is 1. The Labute approximate surface area is 304 Å². The molecule has 1 aromatic heterocycles. The van der Waals surface area contributed by atoms with Gasteiger partial charge in [0.2, 0.25) is 11.7 Å². The molecule has 0 saturated heterocycles. The number of amides is 3. The van der Waals surface area contributed by atoms with Crippen molar-refractivity contribution in [2.75, 3.05) is 39.1 Å². The van der Waals surface area contributed by atoms with Crippen LogP contribution < -0.4 is 34.9 Å². The van der Waals surface area contributed by atoms with E-state index in [1.54, 1.807) is 74.7 Å². The first kappa shape index (κ1) is 36.5. The highest BCUT2D eigenvalue weighted by atomic mass is 32.2. The number of hydrogen-bond donors (Lipinski definition) is 3. The second-order valence-electron chi connectivity index (χ2n) is 10.8. The predicted octanol–water partition coefficient (Wildman–Crippen LogP) is 7.37. The molecule has 1 heterocycles. The van der Waals surface area contributed by atoms with Gasteiger partial charge in [-0.2, -0.15) is 0 Å². The second-order valence-corrected chi connectivity index (χ2v) is 13.1. The van der Waals surface area contributed by atoms with E-state index in [0.29, 0.717) is 39.2 Å². The topological polar surface area (TPSA) is 137 Å². The molecule has 51 heavy (non-hydrogen) atoms. The molecule has 1 atom stereocenters. The van der Waals surface area contributed by atoms with E-state index >= 15 is 0 Å². The Kier molecular flexibility index (Phi) is 12.3. The first-order chi connectivity index (χ1) is 24.7. The van der Waals surface area contributed by atoms with Crippen molar-refractivity contribution >= 4 is 57.7 Å². The number of hydrogen-bond acceptors (Lipinski definition) is 10. The first-order valence-corrected chi connectivity index (χ1v) is 17.3. The van der Waals surface area contributed by atoms with Gasteiger partial charge in [0, 0.05) is 27.1 Å². The molecule has 13 heteroatoms. The van der Waals surface area contributed by atoms with Crippen LogP contribution in [0.15, 0.2) is 107 Å². The Balaban J connectivity index is 1.31. The maximum Gasteiger partial charge on any atom is 0.272 e. The van der Waals surface area contributed by atoms with E-state index in [0.717, 1.165) is 21.9 Å². The van der Waals surface area contributed by atoms with Gasteiger partial charge in [0.25, 0.3) is 11.8 Å². The van der Waals surface area contributed by atoms with E-state index < -0.39 is 17.1 Å². The molecule has 0 aliphatic carbocycles. The van der Waals surface area contributed by atoms with E-state index in [2.05, 4.69) is 20.9 Å². The van der Waals surface area contributed by atoms with Crippen LogP contribution >= 0.6 is 23.1 Å². The summed E-state index contributed by atoms with van der Waals surface area (Å²) in [7, 11) is 6.08. The smallest absolute Gasteiger partial charge is 0.272 e. The lowest BCUT2D eigenvalue weighted by atomic mass is 10.1. The van der Waals surface area contributed by atoms with E-state index in [1.807, 2.05) is 35.7 Å². The number of carbonyl (C=O) groups excluding carboxylic acids is 3. The Morgan fingerprint density at radius 2 is 1.53 bits per heavy atom. The lowest BCUT2D eigenvalue weighted by Gasteiger charge is -2.15. The highest BCUT2D eigenvalue weighted by molar-refractivity contribution is 8.00. The summed E-state index contributed by atoms with van der Waals surface area (Å²) in [5, 5.41) is 10.4. The van der Waals surface area contributed by atoms with Crippen molar-refractivity contribution in [3.8, 4) is 34.3 Å². The van der Waals surface area contributed by atoms with Gasteiger partial charge in [-0.3, -0.25) is 14.4 Å². The quantitative estimate of drug-likeness (QED) is 0.0792. The summed E-state index contributed by atoms with van der Waals surface area (Å²) < 4.78 is 21.7. The van der Waals surface area contributed by atoms with Crippen LogP contribution in [0.2, 0.25) is 0 Å². The van der Waals surface area contributed by atoms with Gasteiger partial charge in [-0.25, -0.2) is 4.98 Å². The van der Waals surface area contributed by atoms with Crippen molar-refractivity contribution in [3.63, 3.8) is 0 Å². The third-order valence-corrected chi connectivity index (χ3v) is 9.25. The number of nitrogens with one attached hydrogen (secondary N) is 3. The van der Waals surface area contributed by atoms with Crippen molar-refractivity contribution in [2.45, 2.75) is 17.1 Å². The molecular weight excluding hydrogens is 689 g/mol. The average Bonchev–Trinajstić information content (AvgIpc) is 3.63. The minimum absolute atomic E-state index is 0.0271. The number of benzene rings is 4. The van der Waals surface area contributed by atoms with Gasteiger partial charge in [-0.15, -0.1) is 23.1 Å². The summed E-state index contributed by atoms with van der Waals surface area (Å²) in [6.45, 7) is 1.79. The minimum atomic E-state index is -0.573. The molecule has 3 N–H and O–H groups in total. The molecule has 0 bridgehead atoms. The molecule has 4 aromatic carbocycles. The molecule has 0 fully saturated rings. The van der Waals surface area contributed by atoms with E-state index in [9.17, 15) is 14.4 Å². The van der Waals surface area contributed by atoms with Gasteiger partial charge in [-0.05, 0) is 73.2 Å². The lowest BCUT2D eigenvalue weighted by Crippen LogP contribution is -2.30. The predicted molar refractivity (Wildman–Crippen MR) is 201 cm³/mol. The zero-order valence-electron chi connectivity index (χ0n) is 28.5. The van der Waals surface area contributed by atoms with E-state index in [4.69, 9.17) is 18.9 Å². The van der Waals surface area contributed by atoms with Gasteiger partial charge in [-0.1, -0.05) is 36.4 Å². The number of carbonyl (C=O) groups is 3. The maximum atomic E-state index is 13.7. The number of anilines is 2. The fourth-order valence-electron chi connectivity index (χ4n) is 4.85. The maximum absolute atomic E-state index is 13.7. The van der Waals surface area contributed by atoms with Crippen LogP contribution in [-0.2, 0) is 9.59 Å². The molecule has 3 amide bonds. The van der Waals surface area contributed by atoms with Gasteiger partial charge < -0.3 is 34.9 Å². The highest BCUT2D eigenvalue weighted by Crippen LogP contribution is 2.39. The minimum Gasteiger partial charge on any atom is -0.497 e. The van der Waals surface area contributed by atoms with Crippen LogP contribution in [-0.4, -0.2) is 56.4 Å². The molecule has 0 aliphatic rings. The SMILES string of the molecule is COc1cccc(-c2csc(NC(=O)C(C)Sc3cccc(NC(=O)/C(=C\c4cc(OC)c(OC)c(OC)c4)NC(=O)c4ccccc4)c3)n2)c1. The van der Waals surface area contributed by atoms with Gasteiger partial charge in [0.05, 0.1) is 39.4 Å². The highest BCUT2D eigenvalue weighted by Gasteiger charge is 2.20. The second kappa shape index (κ2) is 17.2. The summed E-state index contributed by atoms with van der Waals surface area (Å²) in [6.07, 6.45) is 1.52. The molecule has 1 unspecified atom stereocenters. The normalized spacial score (nSPS) is 11.6. The fourth-order valence-corrected chi connectivity index (χ4v) is 6.50. The van der Waals surface area contributed by atoms with Crippen molar-refractivity contribution in [2.24, 2.45) is 0 Å². The molecule has 11 nitrogen and oxygen atoms in total. The summed E-state index contributed by atoms with van der Waals surface area (Å²) in [6, 6.07) is 26.5. The van der Waals surface area contributed by atoms with Crippen LogP contribution in [0.5, 0.6) is 23.0 Å². The van der Waals surface area contributed by atoms with Gasteiger partial charge >= 0.3 is 0 Å². The summed E-state index contributed by atoms with van der Waals surface area (Å²) >= 11 is 2.66. The van der Waals surface area contributed by atoms with Crippen molar-refractivity contribution in [1.29, 1.82) is 0 Å². The number of nitrogens with zero attached hydrogens (tertiary/aromatic N) is 1. The molecule has 262 valence electrons. The van der Waals surface area contributed by atoms with Crippen LogP contribution in [0, 0.1) is 0 Å². The zero-order chi connectivity index (χ0) is 36.3. The summed E-state index contributed by atoms with van der Waals surface area (Å²) in [5.74, 6) is 0.608. The fraction of sp³-hybridized carbons (Fsp3) is 0.158. The summed E-state index contributed by atoms with van der Waals surface area (Å²) in [4.78, 5) is 45.3. The molecule has 0 spiro atoms. The first-order valence-electron chi connectivity index (χ1n) is 15.6. The van der Waals surface area contributed by atoms with Crippen LogP contribution in [0.3, 0.4) is 0 Å². The molecule has 0 radical (unpaired) electrons. The third kappa shape index (κ3) is 9.47. The number of rotatable bonds is 14. The monoisotopic (exact) mass is 724 g/mol. The largest absolute Gasteiger partial charge is 0.497 e. The van der Waals surface area contributed by atoms with E-state index in [1.165, 1.54) is 50.5 Å². The third-order valence-electron chi connectivity index (χ3n) is 7.40. The number of methoxy groups -OCH3 is 4. The molecule has 0 aliphatic heterocycles. The van der Waals surface area contributed by atoms with Crippen LogP contribution in [0.25, 0.3) is 17.3 Å². The van der Waals surface area contributed by atoms with Gasteiger partial charge in [0.15, 0.2) is 16.6 Å².